The molecule has 17 heavy (non-hydrogen) atoms. The van der Waals surface area contributed by atoms with Crippen LogP contribution in [0.1, 0.15) is 74.1 Å². The van der Waals surface area contributed by atoms with Crippen LogP contribution in [0.2, 0.25) is 0 Å². The zero-order valence-electron chi connectivity index (χ0n) is 13.1. The van der Waals surface area contributed by atoms with Gasteiger partial charge in [-0.15, -0.1) is 0 Å². The molecule has 1 nitrogen and oxygen atoms in total. The Labute approximate surface area is 109 Å². The molecule has 0 saturated heterocycles. The molecule has 0 aromatic carbocycles. The molecule has 102 valence electrons. The second-order valence-electron chi connectivity index (χ2n) is 8.64. The third-order valence-electron chi connectivity index (χ3n) is 4.92. The van der Waals surface area contributed by atoms with Crippen LogP contribution in [0.3, 0.4) is 0 Å². The van der Waals surface area contributed by atoms with Gasteiger partial charge in [-0.2, -0.15) is 0 Å². The van der Waals surface area contributed by atoms with E-state index in [0.29, 0.717) is 22.3 Å². The lowest BCUT2D eigenvalue weighted by atomic mass is 9.57. The van der Waals surface area contributed by atoms with E-state index < -0.39 is 0 Å². The first kappa shape index (κ1) is 15.0. The van der Waals surface area contributed by atoms with Gasteiger partial charge in [-0.1, -0.05) is 48.5 Å². The van der Waals surface area contributed by atoms with Crippen LogP contribution in [0.4, 0.5) is 0 Å². The van der Waals surface area contributed by atoms with E-state index in [0.717, 1.165) is 5.92 Å². The fourth-order valence-corrected chi connectivity index (χ4v) is 4.15. The standard InChI is InChI=1S/C16H33N/c1-12(2)15(5,6)11-16(7)9-13(17)8-14(3,4)10-16/h12-13H,8-11,17H2,1-7H3. The van der Waals surface area contributed by atoms with Crippen molar-refractivity contribution < 1.29 is 0 Å². The summed E-state index contributed by atoms with van der Waals surface area (Å²) in [5, 5.41) is 0. The van der Waals surface area contributed by atoms with Gasteiger partial charge in [0.25, 0.3) is 0 Å². The fraction of sp³-hybridized carbons (Fsp3) is 1.00. The summed E-state index contributed by atoms with van der Waals surface area (Å²) in [5.41, 5.74) is 7.54. The predicted octanol–water partition coefficient (Wildman–Crippen LogP) is 4.60. The van der Waals surface area contributed by atoms with E-state index in [2.05, 4.69) is 48.5 Å². The molecule has 0 heterocycles. The maximum absolute atomic E-state index is 6.28. The molecule has 1 aliphatic rings. The highest BCUT2D eigenvalue weighted by atomic mass is 14.7. The average Bonchev–Trinajstić information content (AvgIpc) is 1.94. The summed E-state index contributed by atoms with van der Waals surface area (Å²) in [7, 11) is 0. The summed E-state index contributed by atoms with van der Waals surface area (Å²) in [4.78, 5) is 0. The normalized spacial score (nSPS) is 34.1. The van der Waals surface area contributed by atoms with Crippen molar-refractivity contribution in [1.29, 1.82) is 0 Å². The maximum Gasteiger partial charge on any atom is 0.00491 e. The molecule has 0 spiro atoms. The molecular formula is C16H33N. The molecule has 1 rings (SSSR count). The highest BCUT2D eigenvalue weighted by molar-refractivity contribution is 4.95. The predicted molar refractivity (Wildman–Crippen MR) is 77.0 cm³/mol. The number of hydrogen-bond donors (Lipinski definition) is 1. The minimum Gasteiger partial charge on any atom is -0.328 e. The summed E-state index contributed by atoms with van der Waals surface area (Å²) in [5.74, 6) is 0.737. The van der Waals surface area contributed by atoms with E-state index in [1.165, 1.54) is 25.7 Å². The molecular weight excluding hydrogens is 206 g/mol. The Hall–Kier alpha value is -0.0400. The van der Waals surface area contributed by atoms with Crippen molar-refractivity contribution in [3.05, 3.63) is 0 Å². The second kappa shape index (κ2) is 4.57. The molecule has 1 fully saturated rings. The second-order valence-corrected chi connectivity index (χ2v) is 8.64. The van der Waals surface area contributed by atoms with Gasteiger partial charge < -0.3 is 5.73 Å². The highest BCUT2D eigenvalue weighted by Crippen LogP contribution is 2.52. The van der Waals surface area contributed by atoms with Crippen molar-refractivity contribution >= 4 is 0 Å². The maximum atomic E-state index is 6.28. The van der Waals surface area contributed by atoms with Gasteiger partial charge in [-0.05, 0) is 47.8 Å². The Morgan fingerprint density at radius 2 is 1.71 bits per heavy atom. The van der Waals surface area contributed by atoms with Crippen molar-refractivity contribution in [3.8, 4) is 0 Å². The molecule has 2 unspecified atom stereocenters. The van der Waals surface area contributed by atoms with Crippen molar-refractivity contribution in [2.24, 2.45) is 27.9 Å². The van der Waals surface area contributed by atoms with E-state index in [4.69, 9.17) is 5.73 Å². The first-order valence-electron chi connectivity index (χ1n) is 7.21. The van der Waals surface area contributed by atoms with Crippen LogP contribution in [-0.4, -0.2) is 6.04 Å². The van der Waals surface area contributed by atoms with Crippen LogP contribution in [0.5, 0.6) is 0 Å². The van der Waals surface area contributed by atoms with Crippen LogP contribution in [0.15, 0.2) is 0 Å². The lowest BCUT2D eigenvalue weighted by Gasteiger charge is -2.49. The molecule has 2 atom stereocenters. The molecule has 2 N–H and O–H groups in total. The fourth-order valence-electron chi connectivity index (χ4n) is 4.15. The van der Waals surface area contributed by atoms with Crippen LogP contribution < -0.4 is 5.73 Å². The Morgan fingerprint density at radius 1 is 1.18 bits per heavy atom. The summed E-state index contributed by atoms with van der Waals surface area (Å²) in [6.07, 6.45) is 5.01. The first-order valence-corrected chi connectivity index (χ1v) is 7.21. The van der Waals surface area contributed by atoms with E-state index in [-0.39, 0.29) is 0 Å². The van der Waals surface area contributed by atoms with Gasteiger partial charge in [0.2, 0.25) is 0 Å². The summed E-state index contributed by atoms with van der Waals surface area (Å²) < 4.78 is 0. The summed E-state index contributed by atoms with van der Waals surface area (Å²) in [6, 6.07) is 0.395. The molecule has 1 heteroatoms. The van der Waals surface area contributed by atoms with Gasteiger partial charge in [-0.25, -0.2) is 0 Å². The molecule has 0 bridgehead atoms. The van der Waals surface area contributed by atoms with Gasteiger partial charge in [0.15, 0.2) is 0 Å². The third-order valence-corrected chi connectivity index (χ3v) is 4.92. The molecule has 0 aromatic heterocycles. The Balaban J connectivity index is 2.81. The zero-order chi connectivity index (χ0) is 13.5. The minimum absolute atomic E-state index is 0.395. The third kappa shape index (κ3) is 3.98. The van der Waals surface area contributed by atoms with Crippen molar-refractivity contribution in [3.63, 3.8) is 0 Å². The quantitative estimate of drug-likeness (QED) is 0.765. The van der Waals surface area contributed by atoms with Gasteiger partial charge >= 0.3 is 0 Å². The Kier molecular flexibility index (Phi) is 4.04. The zero-order valence-corrected chi connectivity index (χ0v) is 13.1. The Bertz CT molecular complexity index is 265. The van der Waals surface area contributed by atoms with Crippen molar-refractivity contribution in [2.45, 2.75) is 80.2 Å². The van der Waals surface area contributed by atoms with Crippen LogP contribution in [0, 0.1) is 22.2 Å². The van der Waals surface area contributed by atoms with Crippen LogP contribution in [-0.2, 0) is 0 Å². The number of rotatable bonds is 3. The largest absolute Gasteiger partial charge is 0.328 e. The molecule has 0 radical (unpaired) electrons. The SMILES string of the molecule is CC(C)C(C)(C)CC1(C)CC(N)CC(C)(C)C1. The monoisotopic (exact) mass is 239 g/mol. The van der Waals surface area contributed by atoms with E-state index >= 15 is 0 Å². The molecule has 1 saturated carbocycles. The first-order chi connectivity index (χ1) is 7.46. The van der Waals surface area contributed by atoms with Crippen LogP contribution >= 0.6 is 0 Å². The van der Waals surface area contributed by atoms with Gasteiger partial charge in [0.05, 0.1) is 0 Å². The number of nitrogens with two attached hydrogens (primary N) is 1. The lowest BCUT2D eigenvalue weighted by molar-refractivity contribution is 0.0284. The molecule has 0 amide bonds. The summed E-state index contributed by atoms with van der Waals surface area (Å²) >= 11 is 0. The van der Waals surface area contributed by atoms with Gasteiger partial charge in [-0.3, -0.25) is 0 Å². The van der Waals surface area contributed by atoms with E-state index in [1.54, 1.807) is 0 Å². The van der Waals surface area contributed by atoms with Gasteiger partial charge in [0, 0.05) is 6.04 Å². The molecule has 0 aliphatic heterocycles. The lowest BCUT2D eigenvalue weighted by Crippen LogP contribution is -2.44. The minimum atomic E-state index is 0.395. The van der Waals surface area contributed by atoms with E-state index in [9.17, 15) is 0 Å². The number of hydrogen-bond acceptors (Lipinski definition) is 1. The van der Waals surface area contributed by atoms with Crippen molar-refractivity contribution in [1.82, 2.24) is 0 Å². The van der Waals surface area contributed by atoms with Crippen LogP contribution in [0.25, 0.3) is 0 Å². The van der Waals surface area contributed by atoms with E-state index in [1.807, 2.05) is 0 Å². The smallest absolute Gasteiger partial charge is 0.00491 e. The molecule has 1 aliphatic carbocycles. The highest BCUT2D eigenvalue weighted by Gasteiger charge is 2.43. The van der Waals surface area contributed by atoms with Gasteiger partial charge in [0.1, 0.15) is 0 Å². The topological polar surface area (TPSA) is 26.0 Å². The average molecular weight is 239 g/mol. The molecule has 0 aromatic rings. The van der Waals surface area contributed by atoms with Crippen molar-refractivity contribution in [2.75, 3.05) is 0 Å². The Morgan fingerprint density at radius 3 is 2.12 bits per heavy atom. The summed E-state index contributed by atoms with van der Waals surface area (Å²) in [6.45, 7) is 16.7.